The highest BCUT2D eigenvalue weighted by Gasteiger charge is 2.35. The van der Waals surface area contributed by atoms with Gasteiger partial charge in [0, 0.05) is 24.8 Å². The first-order valence-electron chi connectivity index (χ1n) is 6.72. The minimum Gasteiger partial charge on any atom is -0.481 e. The van der Waals surface area contributed by atoms with Crippen LogP contribution in [0.15, 0.2) is 12.3 Å². The van der Waals surface area contributed by atoms with Crippen LogP contribution in [0.2, 0.25) is 0 Å². The molecule has 1 unspecified atom stereocenters. The third-order valence-corrected chi connectivity index (χ3v) is 3.56. The van der Waals surface area contributed by atoms with Crippen molar-refractivity contribution in [1.82, 2.24) is 15.3 Å². The number of nitrogens with zero attached hydrogens (tertiary/aromatic N) is 3. The highest BCUT2D eigenvalue weighted by Crippen LogP contribution is 2.25. The number of ether oxygens (including phenoxy) is 1. The summed E-state index contributed by atoms with van der Waals surface area (Å²) in [5.41, 5.74) is 0. The van der Waals surface area contributed by atoms with E-state index in [0.717, 1.165) is 32.2 Å². The Bertz CT molecular complexity index is 475. The van der Waals surface area contributed by atoms with Gasteiger partial charge in [0.05, 0.1) is 7.11 Å². The molecule has 1 saturated carbocycles. The van der Waals surface area contributed by atoms with E-state index in [4.69, 9.17) is 4.74 Å². The van der Waals surface area contributed by atoms with Crippen molar-refractivity contribution in [3.63, 3.8) is 0 Å². The van der Waals surface area contributed by atoms with Crippen LogP contribution in [0.5, 0.6) is 5.88 Å². The molecule has 1 aliphatic heterocycles. The Labute approximate surface area is 112 Å². The summed E-state index contributed by atoms with van der Waals surface area (Å²) in [6.07, 6.45) is 5.72. The maximum Gasteiger partial charge on any atom is 0.243 e. The average Bonchev–Trinajstić information content (AvgIpc) is 3.11. The van der Waals surface area contributed by atoms with Crippen LogP contribution < -0.4 is 15.0 Å². The minimum atomic E-state index is -0.146. The first-order valence-corrected chi connectivity index (χ1v) is 6.72. The van der Waals surface area contributed by atoms with Crippen LogP contribution in [0.1, 0.15) is 25.7 Å². The molecule has 1 atom stereocenters. The third kappa shape index (κ3) is 2.62. The molecule has 102 valence electrons. The number of carbonyl (C=O) groups excluding carboxylic acids is 1. The second-order valence-electron chi connectivity index (χ2n) is 5.03. The zero-order valence-electron chi connectivity index (χ0n) is 11.0. The Balaban J connectivity index is 1.75. The van der Waals surface area contributed by atoms with Crippen molar-refractivity contribution >= 4 is 11.9 Å². The third-order valence-electron chi connectivity index (χ3n) is 3.56. The second kappa shape index (κ2) is 5.03. The maximum absolute atomic E-state index is 12.2. The molecule has 2 fully saturated rings. The molecule has 0 aromatic carbocycles. The Morgan fingerprint density at radius 2 is 2.32 bits per heavy atom. The maximum atomic E-state index is 12.2. The number of methoxy groups -OCH3 is 1. The van der Waals surface area contributed by atoms with Gasteiger partial charge in [-0.25, -0.2) is 4.98 Å². The van der Waals surface area contributed by atoms with Gasteiger partial charge in [-0.05, 0) is 25.7 Å². The van der Waals surface area contributed by atoms with E-state index in [2.05, 4.69) is 15.3 Å². The normalized spacial score (nSPS) is 22.4. The molecule has 0 spiro atoms. The summed E-state index contributed by atoms with van der Waals surface area (Å²) in [6.45, 7) is 0.815. The van der Waals surface area contributed by atoms with Crippen LogP contribution in [0.4, 0.5) is 5.95 Å². The van der Waals surface area contributed by atoms with Crippen molar-refractivity contribution in [2.75, 3.05) is 18.6 Å². The Hall–Kier alpha value is -1.85. The van der Waals surface area contributed by atoms with E-state index in [1.165, 1.54) is 0 Å². The molecule has 3 rings (SSSR count). The van der Waals surface area contributed by atoms with Crippen LogP contribution >= 0.6 is 0 Å². The van der Waals surface area contributed by atoms with Crippen LogP contribution in [-0.2, 0) is 4.79 Å². The van der Waals surface area contributed by atoms with Crippen molar-refractivity contribution in [2.45, 2.75) is 37.8 Å². The lowest BCUT2D eigenvalue weighted by atomic mass is 10.2. The van der Waals surface area contributed by atoms with E-state index in [1.54, 1.807) is 19.4 Å². The van der Waals surface area contributed by atoms with Gasteiger partial charge < -0.3 is 15.0 Å². The number of aromatic nitrogens is 2. The summed E-state index contributed by atoms with van der Waals surface area (Å²) in [5.74, 6) is 1.21. The summed E-state index contributed by atoms with van der Waals surface area (Å²) in [7, 11) is 1.58. The lowest BCUT2D eigenvalue weighted by molar-refractivity contribution is -0.122. The Morgan fingerprint density at radius 3 is 3.05 bits per heavy atom. The SMILES string of the molecule is COc1ccnc(N2CCCC2C(=O)NC2CC2)n1. The van der Waals surface area contributed by atoms with Crippen molar-refractivity contribution in [3.8, 4) is 5.88 Å². The summed E-state index contributed by atoms with van der Waals surface area (Å²) in [4.78, 5) is 22.7. The van der Waals surface area contributed by atoms with Crippen molar-refractivity contribution in [3.05, 3.63) is 12.3 Å². The van der Waals surface area contributed by atoms with Gasteiger partial charge in [-0.3, -0.25) is 4.79 Å². The monoisotopic (exact) mass is 262 g/mol. The molecule has 1 aromatic rings. The number of hydrogen-bond donors (Lipinski definition) is 1. The number of anilines is 1. The molecular formula is C13H18N4O2. The van der Waals surface area contributed by atoms with Crippen LogP contribution in [0.25, 0.3) is 0 Å². The Morgan fingerprint density at radius 1 is 1.47 bits per heavy atom. The fourth-order valence-electron chi connectivity index (χ4n) is 2.39. The number of hydrogen-bond acceptors (Lipinski definition) is 5. The average molecular weight is 262 g/mol. The molecule has 19 heavy (non-hydrogen) atoms. The predicted octanol–water partition coefficient (Wildman–Crippen LogP) is 0.733. The molecule has 0 bridgehead atoms. The van der Waals surface area contributed by atoms with Gasteiger partial charge in [-0.1, -0.05) is 0 Å². The molecule has 1 aromatic heterocycles. The smallest absolute Gasteiger partial charge is 0.243 e. The molecule has 1 aliphatic carbocycles. The highest BCUT2D eigenvalue weighted by molar-refractivity contribution is 5.85. The van der Waals surface area contributed by atoms with Crippen molar-refractivity contribution in [1.29, 1.82) is 0 Å². The number of amides is 1. The van der Waals surface area contributed by atoms with Gasteiger partial charge in [-0.2, -0.15) is 4.98 Å². The van der Waals surface area contributed by atoms with Crippen molar-refractivity contribution in [2.24, 2.45) is 0 Å². The first-order chi connectivity index (χ1) is 9.28. The molecule has 6 heteroatoms. The zero-order chi connectivity index (χ0) is 13.2. The van der Waals surface area contributed by atoms with E-state index in [0.29, 0.717) is 17.9 Å². The molecule has 2 aliphatic rings. The van der Waals surface area contributed by atoms with Gasteiger partial charge in [0.1, 0.15) is 6.04 Å². The number of nitrogens with one attached hydrogen (secondary N) is 1. The molecule has 6 nitrogen and oxygen atoms in total. The van der Waals surface area contributed by atoms with Gasteiger partial charge >= 0.3 is 0 Å². The molecule has 1 saturated heterocycles. The molecule has 2 heterocycles. The lowest BCUT2D eigenvalue weighted by Crippen LogP contribution is -2.44. The van der Waals surface area contributed by atoms with Crippen LogP contribution in [0.3, 0.4) is 0 Å². The van der Waals surface area contributed by atoms with E-state index in [1.807, 2.05) is 4.90 Å². The largest absolute Gasteiger partial charge is 0.481 e. The lowest BCUT2D eigenvalue weighted by Gasteiger charge is -2.23. The van der Waals surface area contributed by atoms with Crippen LogP contribution in [-0.4, -0.2) is 41.6 Å². The van der Waals surface area contributed by atoms with Gasteiger partial charge in [0.25, 0.3) is 0 Å². The first kappa shape index (κ1) is 12.2. The zero-order valence-corrected chi connectivity index (χ0v) is 11.0. The highest BCUT2D eigenvalue weighted by atomic mass is 16.5. The van der Waals surface area contributed by atoms with E-state index < -0.39 is 0 Å². The molecule has 1 amide bonds. The predicted molar refractivity (Wildman–Crippen MR) is 70.1 cm³/mol. The molecule has 1 N–H and O–H groups in total. The number of rotatable bonds is 4. The standard InChI is InChI=1S/C13H18N4O2/c1-19-11-6-7-14-13(16-11)17-8-2-3-10(17)12(18)15-9-4-5-9/h6-7,9-10H,2-5,8H2,1H3,(H,15,18). The Kier molecular flexibility index (Phi) is 3.23. The second-order valence-corrected chi connectivity index (χ2v) is 5.03. The van der Waals surface area contributed by atoms with Gasteiger partial charge in [0.2, 0.25) is 17.7 Å². The van der Waals surface area contributed by atoms with Gasteiger partial charge in [-0.15, -0.1) is 0 Å². The van der Waals surface area contributed by atoms with E-state index in [9.17, 15) is 4.79 Å². The van der Waals surface area contributed by atoms with E-state index >= 15 is 0 Å². The van der Waals surface area contributed by atoms with Crippen LogP contribution in [0, 0.1) is 0 Å². The fraction of sp³-hybridized carbons (Fsp3) is 0.615. The number of carbonyl (C=O) groups is 1. The summed E-state index contributed by atoms with van der Waals surface area (Å²) >= 11 is 0. The quantitative estimate of drug-likeness (QED) is 0.866. The van der Waals surface area contributed by atoms with E-state index in [-0.39, 0.29) is 11.9 Å². The van der Waals surface area contributed by atoms with Crippen molar-refractivity contribution < 1.29 is 9.53 Å². The van der Waals surface area contributed by atoms with Gasteiger partial charge in [0.15, 0.2) is 0 Å². The molecule has 0 radical (unpaired) electrons. The summed E-state index contributed by atoms with van der Waals surface area (Å²) in [6, 6.07) is 1.95. The topological polar surface area (TPSA) is 67.3 Å². The molecular weight excluding hydrogens is 244 g/mol. The summed E-state index contributed by atoms with van der Waals surface area (Å²) in [5, 5.41) is 3.06. The summed E-state index contributed by atoms with van der Waals surface area (Å²) < 4.78 is 5.11. The minimum absolute atomic E-state index is 0.103. The fourth-order valence-corrected chi connectivity index (χ4v) is 2.39.